The Morgan fingerprint density at radius 1 is 1.21 bits per heavy atom. The first-order valence-corrected chi connectivity index (χ1v) is 4.21. The van der Waals surface area contributed by atoms with Crippen molar-refractivity contribution in [3.8, 4) is 0 Å². The second-order valence-corrected chi connectivity index (χ2v) is 2.91. The van der Waals surface area contributed by atoms with Crippen LogP contribution in [0, 0.1) is 0 Å². The molecule has 0 radical (unpaired) electrons. The number of hydrogen-bond acceptors (Lipinski definition) is 3. The van der Waals surface area contributed by atoms with E-state index in [0.29, 0.717) is 0 Å². The first kappa shape index (κ1) is 10.7. The van der Waals surface area contributed by atoms with Gasteiger partial charge in [0.2, 0.25) is 0 Å². The van der Waals surface area contributed by atoms with Crippen LogP contribution in [0.1, 0.15) is 0 Å². The first-order valence-electron chi connectivity index (χ1n) is 4.21. The predicted octanol–water partition coefficient (Wildman–Crippen LogP) is 1.95. The molecule has 0 heterocycles. The maximum Gasteiger partial charge on any atom is 0.554 e. The summed E-state index contributed by atoms with van der Waals surface area (Å²) in [4.78, 5) is 16.6. The highest BCUT2D eigenvalue weighted by Crippen LogP contribution is 2.21. The van der Waals surface area contributed by atoms with Crippen molar-refractivity contribution < 1.29 is 14.4 Å². The number of carbonyl (C=O) groups excluding carboxylic acids is 1. The van der Waals surface area contributed by atoms with Gasteiger partial charge in [0.05, 0.1) is 14.2 Å². The molecule has 4 heteroatoms. The molecule has 1 amide bonds. The Bertz CT molecular complexity index is 312. The predicted molar refractivity (Wildman–Crippen MR) is 53.6 cm³/mol. The molecule has 0 bridgehead atoms. The molecule has 0 N–H and O–H groups in total. The molecular formula is C10H14NO3+. The zero-order valence-corrected chi connectivity index (χ0v) is 8.56. The minimum absolute atomic E-state index is 0.322. The number of amides is 1. The van der Waals surface area contributed by atoms with Crippen molar-refractivity contribution >= 4 is 11.8 Å². The van der Waals surface area contributed by atoms with Gasteiger partial charge in [0, 0.05) is 12.1 Å². The molecule has 1 aromatic rings. The lowest BCUT2D eigenvalue weighted by molar-refractivity contribution is -0.0783. The molecule has 76 valence electrons. The Hall–Kier alpha value is -1.39. The number of quaternary nitrogens is 1. The molecule has 0 aliphatic heterocycles. The monoisotopic (exact) mass is 196 g/mol. The van der Waals surface area contributed by atoms with E-state index >= 15 is 0 Å². The number of methoxy groups -OCH3 is 1. The zero-order chi connectivity index (χ0) is 10.6. The summed E-state index contributed by atoms with van der Waals surface area (Å²) in [5.41, 5.74) is 0.724. The van der Waals surface area contributed by atoms with Gasteiger partial charge >= 0.3 is 6.09 Å². The second kappa shape index (κ2) is 4.21. The van der Waals surface area contributed by atoms with Crippen LogP contribution in [-0.4, -0.2) is 27.4 Å². The van der Waals surface area contributed by atoms with Crippen molar-refractivity contribution in [1.29, 1.82) is 0 Å². The van der Waals surface area contributed by atoms with Crippen LogP contribution < -0.4 is 4.65 Å². The van der Waals surface area contributed by atoms with E-state index in [1.807, 2.05) is 18.2 Å². The van der Waals surface area contributed by atoms with E-state index in [1.54, 1.807) is 19.2 Å². The third kappa shape index (κ3) is 1.76. The summed E-state index contributed by atoms with van der Waals surface area (Å²) >= 11 is 0. The lowest BCUT2D eigenvalue weighted by Crippen LogP contribution is -2.49. The van der Waals surface area contributed by atoms with Gasteiger partial charge in [-0.15, -0.1) is 0 Å². The molecule has 0 fully saturated rings. The third-order valence-electron chi connectivity index (χ3n) is 2.14. The minimum Gasteiger partial charge on any atom is -0.421 e. The second-order valence-electron chi connectivity index (χ2n) is 2.91. The Balaban J connectivity index is 3.08. The Kier molecular flexibility index (Phi) is 3.22. The van der Waals surface area contributed by atoms with Crippen LogP contribution in [-0.2, 0) is 9.57 Å². The van der Waals surface area contributed by atoms with Crippen LogP contribution in [0.5, 0.6) is 0 Å². The van der Waals surface area contributed by atoms with Gasteiger partial charge in [0.25, 0.3) is 0 Å². The van der Waals surface area contributed by atoms with E-state index in [0.717, 1.165) is 5.69 Å². The van der Waals surface area contributed by atoms with Crippen molar-refractivity contribution in [2.75, 3.05) is 21.3 Å². The summed E-state index contributed by atoms with van der Waals surface area (Å²) in [5.74, 6) is 0. The molecule has 0 aliphatic rings. The van der Waals surface area contributed by atoms with Crippen LogP contribution in [0.15, 0.2) is 30.3 Å². The molecule has 1 rings (SSSR count). The fraction of sp³-hybridized carbons (Fsp3) is 0.300. The van der Waals surface area contributed by atoms with Crippen molar-refractivity contribution in [3.05, 3.63) is 30.3 Å². The molecule has 1 atom stereocenters. The van der Waals surface area contributed by atoms with E-state index in [-0.39, 0.29) is 4.65 Å². The summed E-state index contributed by atoms with van der Waals surface area (Å²) in [6, 6.07) is 9.17. The van der Waals surface area contributed by atoms with Crippen molar-refractivity contribution in [1.82, 2.24) is 4.65 Å². The van der Waals surface area contributed by atoms with Gasteiger partial charge in [0.15, 0.2) is 5.69 Å². The molecule has 0 saturated carbocycles. The molecule has 0 saturated heterocycles. The lowest BCUT2D eigenvalue weighted by atomic mass is 10.3. The molecule has 1 aromatic carbocycles. The molecule has 0 spiro atoms. The van der Waals surface area contributed by atoms with Crippen LogP contribution in [0.4, 0.5) is 10.5 Å². The van der Waals surface area contributed by atoms with E-state index < -0.39 is 6.09 Å². The summed E-state index contributed by atoms with van der Waals surface area (Å²) in [7, 11) is 4.42. The van der Waals surface area contributed by atoms with Gasteiger partial charge in [-0.25, -0.2) is 0 Å². The fourth-order valence-electron chi connectivity index (χ4n) is 1.17. The van der Waals surface area contributed by atoms with Gasteiger partial charge in [0.1, 0.15) is 7.05 Å². The number of hydrogen-bond donors (Lipinski definition) is 0. The number of hydroxylamine groups is 2. The topological polar surface area (TPSA) is 35.5 Å². The summed E-state index contributed by atoms with van der Waals surface area (Å²) < 4.78 is 4.35. The Morgan fingerprint density at radius 2 is 1.79 bits per heavy atom. The van der Waals surface area contributed by atoms with Crippen LogP contribution in [0.3, 0.4) is 0 Å². The van der Waals surface area contributed by atoms with E-state index in [2.05, 4.69) is 4.74 Å². The number of carbonyl (C=O) groups is 1. The highest BCUT2D eigenvalue weighted by atomic mass is 16.8. The van der Waals surface area contributed by atoms with Crippen molar-refractivity contribution in [2.24, 2.45) is 0 Å². The summed E-state index contributed by atoms with van der Waals surface area (Å²) in [5, 5.41) is 0. The van der Waals surface area contributed by atoms with Gasteiger partial charge in [-0.2, -0.15) is 9.63 Å². The van der Waals surface area contributed by atoms with Crippen molar-refractivity contribution in [2.45, 2.75) is 0 Å². The minimum atomic E-state index is -0.460. The van der Waals surface area contributed by atoms with Crippen LogP contribution >= 0.6 is 0 Å². The van der Waals surface area contributed by atoms with Gasteiger partial charge in [-0.05, 0) is 0 Å². The van der Waals surface area contributed by atoms with Crippen LogP contribution in [0.2, 0.25) is 0 Å². The molecular weight excluding hydrogens is 182 g/mol. The van der Waals surface area contributed by atoms with Gasteiger partial charge in [-0.1, -0.05) is 22.8 Å². The SMILES string of the molecule is COC(=O)[N+](C)(OC)c1ccccc1. The Morgan fingerprint density at radius 3 is 2.21 bits per heavy atom. The van der Waals surface area contributed by atoms with Gasteiger partial charge < -0.3 is 4.74 Å². The smallest absolute Gasteiger partial charge is 0.421 e. The van der Waals surface area contributed by atoms with E-state index in [1.165, 1.54) is 14.2 Å². The third-order valence-corrected chi connectivity index (χ3v) is 2.14. The van der Waals surface area contributed by atoms with E-state index in [9.17, 15) is 4.79 Å². The largest absolute Gasteiger partial charge is 0.554 e. The Labute approximate surface area is 83.2 Å². The number of rotatable bonds is 2. The normalized spacial score (nSPS) is 14.5. The lowest BCUT2D eigenvalue weighted by Gasteiger charge is -2.24. The number of ether oxygens (including phenoxy) is 1. The highest BCUT2D eigenvalue weighted by Gasteiger charge is 2.37. The summed E-state index contributed by atoms with van der Waals surface area (Å²) in [6.45, 7) is 0. The average Bonchev–Trinajstić information content (AvgIpc) is 2.28. The number of para-hydroxylation sites is 1. The first-order chi connectivity index (χ1) is 6.65. The van der Waals surface area contributed by atoms with Crippen molar-refractivity contribution in [3.63, 3.8) is 0 Å². The molecule has 14 heavy (non-hydrogen) atoms. The molecule has 0 aromatic heterocycles. The highest BCUT2D eigenvalue weighted by molar-refractivity contribution is 5.79. The molecule has 1 unspecified atom stereocenters. The van der Waals surface area contributed by atoms with E-state index in [4.69, 9.17) is 4.84 Å². The molecule has 4 nitrogen and oxygen atoms in total. The molecule has 0 aliphatic carbocycles. The zero-order valence-electron chi connectivity index (χ0n) is 8.56. The summed E-state index contributed by atoms with van der Waals surface area (Å²) in [6.07, 6.45) is -0.460. The standard InChI is InChI=1S/C10H14NO3/c1-11(14-3,10(12)13-2)9-7-5-4-6-8-9/h4-8H,1-3H3/q+1. The number of nitrogens with zero attached hydrogens (tertiary/aromatic N) is 1. The maximum atomic E-state index is 11.5. The number of benzene rings is 1. The quantitative estimate of drug-likeness (QED) is 0.535. The average molecular weight is 196 g/mol. The van der Waals surface area contributed by atoms with Gasteiger partial charge in [-0.3, -0.25) is 0 Å². The van der Waals surface area contributed by atoms with Crippen LogP contribution in [0.25, 0.3) is 0 Å². The maximum absolute atomic E-state index is 11.5. The fourth-order valence-corrected chi connectivity index (χ4v) is 1.17.